The van der Waals surface area contributed by atoms with Gasteiger partial charge in [-0.1, -0.05) is 202 Å². The summed E-state index contributed by atoms with van der Waals surface area (Å²) in [5.41, 5.74) is 19.0. The molecular formula is C71H44N4. The van der Waals surface area contributed by atoms with Gasteiger partial charge in [0, 0.05) is 54.1 Å². The summed E-state index contributed by atoms with van der Waals surface area (Å²) >= 11 is 0. The first kappa shape index (κ1) is 40.9. The first-order chi connectivity index (χ1) is 37.0. The topological polar surface area (TPSA) is 35.1 Å². The smallest absolute Gasteiger partial charge is 0.235 e. The Balaban J connectivity index is 0.770. The predicted octanol–water partition coefficient (Wildman–Crippen LogP) is 18.6. The molecule has 16 aromatic rings. The van der Waals surface area contributed by atoms with E-state index in [1.54, 1.807) is 0 Å². The molecule has 0 fully saturated rings. The third kappa shape index (κ3) is 5.50. The lowest BCUT2D eigenvalue weighted by Crippen LogP contribution is -2.15. The second-order valence-corrected chi connectivity index (χ2v) is 21.2. The Morgan fingerprint density at radius 1 is 0.347 bits per heavy atom. The summed E-state index contributed by atoms with van der Waals surface area (Å²) in [7, 11) is 0. The van der Waals surface area contributed by atoms with Gasteiger partial charge < -0.3 is 4.40 Å². The molecule has 0 saturated heterocycles. The van der Waals surface area contributed by atoms with Crippen molar-refractivity contribution in [2.24, 2.45) is 0 Å². The van der Waals surface area contributed by atoms with Crippen LogP contribution in [-0.2, 0) is 5.41 Å². The lowest BCUT2D eigenvalue weighted by Gasteiger charge is -2.22. The van der Waals surface area contributed by atoms with Gasteiger partial charge in [0.2, 0.25) is 5.95 Å². The van der Waals surface area contributed by atoms with Gasteiger partial charge in [0.15, 0.2) is 0 Å². The van der Waals surface area contributed by atoms with E-state index in [1.165, 1.54) is 110 Å². The maximum absolute atomic E-state index is 5.54. The number of rotatable bonds is 4. The van der Waals surface area contributed by atoms with Crippen molar-refractivity contribution in [3.8, 4) is 50.6 Å². The first-order valence-corrected chi connectivity index (χ1v) is 26.1. The Kier molecular flexibility index (Phi) is 8.04. The van der Waals surface area contributed by atoms with E-state index in [0.29, 0.717) is 5.95 Å². The fraction of sp³-hybridized carbons (Fsp3) is 0.0423. The maximum atomic E-state index is 5.54. The predicted molar refractivity (Wildman–Crippen MR) is 315 cm³/mol. The van der Waals surface area contributed by atoms with Crippen LogP contribution in [0.5, 0.6) is 0 Å². The molecule has 0 amide bonds. The molecule has 0 spiro atoms. The number of aromatic nitrogens is 4. The number of hydrogen-bond donors (Lipinski definition) is 0. The van der Waals surface area contributed by atoms with Crippen molar-refractivity contribution in [3.05, 3.63) is 242 Å². The van der Waals surface area contributed by atoms with Crippen LogP contribution in [0.2, 0.25) is 0 Å². The largest absolute Gasteiger partial charge is 0.308 e. The van der Waals surface area contributed by atoms with Crippen molar-refractivity contribution < 1.29 is 0 Å². The quantitative estimate of drug-likeness (QED) is 0.165. The number of nitrogens with zero attached hydrogens (tertiary/aromatic N) is 4. The SMILES string of the molecule is CC1(C)c2cc(-c3ccc(-c4ccc5c(c4)c4ccccc4n5-c4nc(-c5ccccc5)c5c6ccccc6c6ccccc6c5n4)cc3)ccc2-c2c1ccc1cc3c4cccc5c6ccccc6n(c3cc21)c54. The Morgan fingerprint density at radius 3 is 1.69 bits per heavy atom. The third-order valence-corrected chi connectivity index (χ3v) is 17.0. The van der Waals surface area contributed by atoms with Gasteiger partial charge in [-0.2, -0.15) is 0 Å². The fourth-order valence-corrected chi connectivity index (χ4v) is 13.6. The van der Waals surface area contributed by atoms with Crippen molar-refractivity contribution in [2.45, 2.75) is 19.3 Å². The van der Waals surface area contributed by atoms with Gasteiger partial charge in [0.05, 0.1) is 38.8 Å². The molecule has 4 heteroatoms. The molecule has 4 heterocycles. The standard InChI is InChI=1S/C71H44N4/c1-71(2)59-35-32-46-38-58-54-24-14-23-53-49-19-10-12-25-61(49)74(69(53)54)64(58)40-56(46)65(59)55-34-31-45(39-60(55)71)42-29-27-41(28-30-42)44-33-36-63-57(37-44)50-20-11-13-26-62(50)75(63)70-72-67(43-15-4-3-5-16-43)66-51-21-8-6-17-47(51)48-18-7-9-22-52(48)68(66)73-70/h3-40H,1-2H3. The van der Waals surface area contributed by atoms with E-state index < -0.39 is 0 Å². The van der Waals surface area contributed by atoms with Gasteiger partial charge in [0.25, 0.3) is 0 Å². The average molecular weight is 953 g/mol. The minimum absolute atomic E-state index is 0.165. The zero-order valence-electron chi connectivity index (χ0n) is 41.2. The Bertz CT molecular complexity index is 5130. The molecule has 0 atom stereocenters. The molecule has 0 N–H and O–H groups in total. The van der Waals surface area contributed by atoms with Crippen LogP contribution in [-0.4, -0.2) is 18.9 Å². The third-order valence-electron chi connectivity index (χ3n) is 17.0. The van der Waals surface area contributed by atoms with Gasteiger partial charge in [-0.05, 0) is 114 Å². The molecule has 0 bridgehead atoms. The highest BCUT2D eigenvalue weighted by Crippen LogP contribution is 2.53. The van der Waals surface area contributed by atoms with Crippen molar-refractivity contribution in [1.82, 2.24) is 18.9 Å². The number of para-hydroxylation sites is 3. The van der Waals surface area contributed by atoms with Gasteiger partial charge in [-0.15, -0.1) is 0 Å². The van der Waals surface area contributed by atoms with Crippen LogP contribution in [0.1, 0.15) is 25.0 Å². The Labute approximate surface area is 431 Å². The van der Waals surface area contributed by atoms with Gasteiger partial charge in [-0.25, -0.2) is 9.97 Å². The highest BCUT2D eigenvalue weighted by molar-refractivity contribution is 6.28. The van der Waals surface area contributed by atoms with E-state index in [2.05, 4.69) is 253 Å². The van der Waals surface area contributed by atoms with E-state index in [1.807, 2.05) is 0 Å². The second-order valence-electron chi connectivity index (χ2n) is 21.2. The minimum Gasteiger partial charge on any atom is -0.308 e. The zero-order valence-corrected chi connectivity index (χ0v) is 41.2. The molecule has 4 nitrogen and oxygen atoms in total. The molecule has 348 valence electrons. The van der Waals surface area contributed by atoms with Crippen LogP contribution < -0.4 is 0 Å². The molecule has 0 saturated carbocycles. The molecule has 1 aliphatic carbocycles. The highest BCUT2D eigenvalue weighted by Gasteiger charge is 2.37. The van der Waals surface area contributed by atoms with Crippen LogP contribution in [0.15, 0.2) is 231 Å². The molecule has 1 aliphatic rings. The summed E-state index contributed by atoms with van der Waals surface area (Å²) in [4.78, 5) is 11.1. The molecule has 0 radical (unpaired) electrons. The molecule has 75 heavy (non-hydrogen) atoms. The molecule has 0 unspecified atom stereocenters. The van der Waals surface area contributed by atoms with Crippen LogP contribution >= 0.6 is 0 Å². The normalized spacial score (nSPS) is 13.3. The fourth-order valence-electron chi connectivity index (χ4n) is 13.6. The summed E-state index contributed by atoms with van der Waals surface area (Å²) in [5.74, 6) is 0.657. The summed E-state index contributed by atoms with van der Waals surface area (Å²) in [6, 6.07) is 85.0. The van der Waals surface area contributed by atoms with Gasteiger partial charge in [-0.3, -0.25) is 4.57 Å². The van der Waals surface area contributed by atoms with Crippen molar-refractivity contribution in [3.63, 3.8) is 0 Å². The van der Waals surface area contributed by atoms with Crippen LogP contribution in [0.25, 0.3) is 154 Å². The number of fused-ring (bicyclic) bond motifs is 20. The van der Waals surface area contributed by atoms with Crippen LogP contribution in [0.3, 0.4) is 0 Å². The van der Waals surface area contributed by atoms with Crippen LogP contribution in [0.4, 0.5) is 0 Å². The molecule has 4 aromatic heterocycles. The lowest BCUT2D eigenvalue weighted by molar-refractivity contribution is 0.661. The van der Waals surface area contributed by atoms with Crippen molar-refractivity contribution >= 4 is 103 Å². The number of hydrogen-bond acceptors (Lipinski definition) is 2. The molecule has 12 aromatic carbocycles. The van der Waals surface area contributed by atoms with Gasteiger partial charge in [0.1, 0.15) is 0 Å². The second kappa shape index (κ2) is 14.7. The van der Waals surface area contributed by atoms with Gasteiger partial charge >= 0.3 is 0 Å². The zero-order chi connectivity index (χ0) is 49.3. The van der Waals surface area contributed by atoms with E-state index in [4.69, 9.17) is 9.97 Å². The molecule has 17 rings (SSSR count). The summed E-state index contributed by atoms with van der Waals surface area (Å²) in [5, 5.41) is 15.9. The first-order valence-electron chi connectivity index (χ1n) is 26.1. The van der Waals surface area contributed by atoms with E-state index >= 15 is 0 Å². The van der Waals surface area contributed by atoms with Crippen molar-refractivity contribution in [2.75, 3.05) is 0 Å². The monoisotopic (exact) mass is 952 g/mol. The summed E-state index contributed by atoms with van der Waals surface area (Å²) in [6.45, 7) is 4.79. The summed E-state index contributed by atoms with van der Waals surface area (Å²) < 4.78 is 4.76. The Hall–Kier alpha value is -9.64. The van der Waals surface area contributed by atoms with E-state index in [9.17, 15) is 0 Å². The number of benzene rings is 12. The molecule has 0 aliphatic heterocycles. The minimum atomic E-state index is -0.165. The van der Waals surface area contributed by atoms with E-state index in [0.717, 1.165) is 49.4 Å². The van der Waals surface area contributed by atoms with E-state index in [-0.39, 0.29) is 5.41 Å². The molecular weight excluding hydrogens is 909 g/mol. The average Bonchev–Trinajstić information content (AvgIpc) is 4.28. The van der Waals surface area contributed by atoms with Crippen molar-refractivity contribution in [1.29, 1.82) is 0 Å². The lowest BCUT2D eigenvalue weighted by atomic mass is 9.81. The Morgan fingerprint density at radius 2 is 0.920 bits per heavy atom. The maximum Gasteiger partial charge on any atom is 0.235 e. The van der Waals surface area contributed by atoms with Crippen LogP contribution in [0, 0.1) is 0 Å². The summed E-state index contributed by atoms with van der Waals surface area (Å²) in [6.07, 6.45) is 0. The highest BCUT2D eigenvalue weighted by atomic mass is 15.2.